The molecule has 0 spiro atoms. The van der Waals surface area contributed by atoms with Gasteiger partial charge >= 0.3 is 5.97 Å². The molecule has 120 valence electrons. The molecule has 0 saturated heterocycles. The van der Waals surface area contributed by atoms with Gasteiger partial charge in [0.25, 0.3) is 5.69 Å². The number of hydrogen-bond acceptors (Lipinski definition) is 6. The minimum Gasteiger partial charge on any atom is -0.493 e. The molecule has 23 heavy (non-hydrogen) atoms. The molecule has 7 nitrogen and oxygen atoms in total. The maximum atomic E-state index is 12.0. The number of hydrogen-bond donors (Lipinski definition) is 0. The van der Waals surface area contributed by atoms with Crippen LogP contribution in [0.4, 0.5) is 5.69 Å². The lowest BCUT2D eigenvalue weighted by Crippen LogP contribution is -2.11. The first-order chi connectivity index (χ1) is 11.0. The predicted molar refractivity (Wildman–Crippen MR) is 82.0 cm³/mol. The van der Waals surface area contributed by atoms with Gasteiger partial charge in [0.05, 0.1) is 31.6 Å². The van der Waals surface area contributed by atoms with Gasteiger partial charge in [-0.15, -0.1) is 0 Å². The summed E-state index contributed by atoms with van der Waals surface area (Å²) in [7, 11) is 3.02. The molecule has 0 aliphatic carbocycles. The molecule has 2 rings (SSSR count). The van der Waals surface area contributed by atoms with Crippen LogP contribution in [0.25, 0.3) is 0 Å². The van der Waals surface area contributed by atoms with Crippen molar-refractivity contribution in [3.63, 3.8) is 0 Å². The van der Waals surface area contributed by atoms with Crippen LogP contribution in [0.15, 0.2) is 42.5 Å². The number of carbonyl (C=O) groups excluding carboxylic acids is 1. The zero-order chi connectivity index (χ0) is 16.8. The van der Waals surface area contributed by atoms with Gasteiger partial charge < -0.3 is 14.2 Å². The highest BCUT2D eigenvalue weighted by Gasteiger charge is 2.12. The van der Waals surface area contributed by atoms with Crippen LogP contribution in [0, 0.1) is 10.1 Å². The van der Waals surface area contributed by atoms with Gasteiger partial charge in [-0.25, -0.2) is 0 Å². The molecular weight excluding hydrogens is 302 g/mol. The summed E-state index contributed by atoms with van der Waals surface area (Å²) in [6, 6.07) is 10.5. The number of non-ortho nitro benzene ring substituents is 1. The second kappa shape index (κ2) is 7.26. The van der Waals surface area contributed by atoms with E-state index in [4.69, 9.17) is 14.2 Å². The zero-order valence-electron chi connectivity index (χ0n) is 12.6. The van der Waals surface area contributed by atoms with Crippen LogP contribution in [0.3, 0.4) is 0 Å². The highest BCUT2D eigenvalue weighted by molar-refractivity contribution is 5.75. The van der Waals surface area contributed by atoms with Gasteiger partial charge in [0.15, 0.2) is 11.5 Å². The fourth-order valence-electron chi connectivity index (χ4n) is 1.99. The largest absolute Gasteiger partial charge is 0.493 e. The third-order valence-corrected chi connectivity index (χ3v) is 3.06. The van der Waals surface area contributed by atoms with E-state index in [9.17, 15) is 14.9 Å². The Labute approximate surface area is 132 Å². The number of carbonyl (C=O) groups is 1. The van der Waals surface area contributed by atoms with Crippen molar-refractivity contribution < 1.29 is 23.9 Å². The van der Waals surface area contributed by atoms with E-state index in [1.165, 1.54) is 38.5 Å². The first-order valence-electron chi connectivity index (χ1n) is 6.69. The second-order valence-corrected chi connectivity index (χ2v) is 4.59. The lowest BCUT2D eigenvalue weighted by Gasteiger charge is -2.09. The lowest BCUT2D eigenvalue weighted by molar-refractivity contribution is -0.384. The van der Waals surface area contributed by atoms with Crippen molar-refractivity contribution in [2.45, 2.75) is 6.42 Å². The summed E-state index contributed by atoms with van der Waals surface area (Å²) in [5.74, 6) is 0.666. The molecule has 0 radical (unpaired) electrons. The number of nitrogens with zero attached hydrogens (tertiary/aromatic N) is 1. The molecule has 0 aromatic heterocycles. The van der Waals surface area contributed by atoms with Crippen LogP contribution in [-0.4, -0.2) is 25.1 Å². The van der Waals surface area contributed by atoms with E-state index in [-0.39, 0.29) is 17.9 Å². The van der Waals surface area contributed by atoms with Crippen molar-refractivity contribution in [1.29, 1.82) is 0 Å². The SMILES string of the molecule is COc1ccc(CC(=O)Oc2cccc([N+](=O)[O-])c2)cc1OC. The summed E-state index contributed by atoms with van der Waals surface area (Å²) < 4.78 is 15.4. The van der Waals surface area contributed by atoms with Crippen LogP contribution in [0.5, 0.6) is 17.2 Å². The molecular formula is C16H15NO6. The predicted octanol–water partition coefficient (Wildman–Crippen LogP) is 2.76. The molecule has 0 bridgehead atoms. The normalized spacial score (nSPS) is 10.0. The van der Waals surface area contributed by atoms with E-state index < -0.39 is 10.9 Å². The number of nitro groups is 1. The molecule has 0 saturated carbocycles. The number of methoxy groups -OCH3 is 2. The zero-order valence-corrected chi connectivity index (χ0v) is 12.6. The Morgan fingerprint density at radius 1 is 1.09 bits per heavy atom. The van der Waals surface area contributed by atoms with Gasteiger partial charge in [0.1, 0.15) is 5.75 Å². The van der Waals surface area contributed by atoms with E-state index >= 15 is 0 Å². The molecule has 0 unspecified atom stereocenters. The summed E-state index contributed by atoms with van der Waals surface area (Å²) in [4.78, 5) is 22.1. The first kappa shape index (κ1) is 16.3. The third-order valence-electron chi connectivity index (χ3n) is 3.06. The monoisotopic (exact) mass is 317 g/mol. The average molecular weight is 317 g/mol. The van der Waals surface area contributed by atoms with Crippen molar-refractivity contribution in [2.24, 2.45) is 0 Å². The molecule has 2 aromatic rings. The van der Waals surface area contributed by atoms with Gasteiger partial charge in [-0.1, -0.05) is 12.1 Å². The second-order valence-electron chi connectivity index (χ2n) is 4.59. The molecule has 0 aliphatic heterocycles. The van der Waals surface area contributed by atoms with E-state index in [2.05, 4.69) is 0 Å². The number of rotatable bonds is 6. The van der Waals surface area contributed by atoms with Crippen LogP contribution in [0.1, 0.15) is 5.56 Å². The summed E-state index contributed by atoms with van der Waals surface area (Å²) >= 11 is 0. The van der Waals surface area contributed by atoms with Crippen LogP contribution < -0.4 is 14.2 Å². The number of esters is 1. The maximum absolute atomic E-state index is 12.0. The molecule has 0 amide bonds. The Hall–Kier alpha value is -3.09. The molecule has 0 heterocycles. The molecule has 2 aromatic carbocycles. The number of ether oxygens (including phenoxy) is 3. The Morgan fingerprint density at radius 2 is 1.83 bits per heavy atom. The number of nitro benzene ring substituents is 1. The van der Waals surface area contributed by atoms with Gasteiger partial charge in [-0.05, 0) is 23.8 Å². The van der Waals surface area contributed by atoms with E-state index in [1.54, 1.807) is 18.2 Å². The smallest absolute Gasteiger partial charge is 0.315 e. The summed E-state index contributed by atoms with van der Waals surface area (Å²) in [6.45, 7) is 0. The van der Waals surface area contributed by atoms with Crippen molar-refractivity contribution in [1.82, 2.24) is 0 Å². The van der Waals surface area contributed by atoms with Crippen molar-refractivity contribution >= 4 is 11.7 Å². The molecule has 0 atom stereocenters. The molecule has 0 fully saturated rings. The Kier molecular flexibility index (Phi) is 5.14. The molecule has 0 N–H and O–H groups in total. The van der Waals surface area contributed by atoms with E-state index in [0.717, 1.165) is 0 Å². The van der Waals surface area contributed by atoms with Gasteiger partial charge in [0, 0.05) is 6.07 Å². The van der Waals surface area contributed by atoms with Gasteiger partial charge in [-0.2, -0.15) is 0 Å². The summed E-state index contributed by atoms with van der Waals surface area (Å²) in [5.41, 5.74) is 0.541. The van der Waals surface area contributed by atoms with Crippen LogP contribution in [-0.2, 0) is 11.2 Å². The van der Waals surface area contributed by atoms with Gasteiger partial charge in [-0.3, -0.25) is 14.9 Å². The van der Waals surface area contributed by atoms with Gasteiger partial charge in [0.2, 0.25) is 0 Å². The maximum Gasteiger partial charge on any atom is 0.315 e. The first-order valence-corrected chi connectivity index (χ1v) is 6.69. The van der Waals surface area contributed by atoms with E-state index in [1.807, 2.05) is 0 Å². The molecule has 0 aliphatic rings. The van der Waals surface area contributed by atoms with Crippen molar-refractivity contribution in [2.75, 3.05) is 14.2 Å². The Bertz CT molecular complexity index is 728. The number of benzene rings is 2. The fraction of sp³-hybridized carbons (Fsp3) is 0.188. The topological polar surface area (TPSA) is 87.9 Å². The van der Waals surface area contributed by atoms with E-state index in [0.29, 0.717) is 17.1 Å². The van der Waals surface area contributed by atoms with Crippen molar-refractivity contribution in [3.05, 3.63) is 58.1 Å². The van der Waals surface area contributed by atoms with Crippen LogP contribution >= 0.6 is 0 Å². The Balaban J connectivity index is 2.08. The van der Waals surface area contributed by atoms with Crippen LogP contribution in [0.2, 0.25) is 0 Å². The standard InChI is InChI=1S/C16H15NO6/c1-21-14-7-6-11(8-15(14)22-2)9-16(18)23-13-5-3-4-12(10-13)17(19)20/h3-8,10H,9H2,1-2H3. The lowest BCUT2D eigenvalue weighted by atomic mass is 10.1. The quantitative estimate of drug-likeness (QED) is 0.352. The van der Waals surface area contributed by atoms with Crippen molar-refractivity contribution in [3.8, 4) is 17.2 Å². The highest BCUT2D eigenvalue weighted by Crippen LogP contribution is 2.28. The summed E-state index contributed by atoms with van der Waals surface area (Å²) in [5, 5.41) is 10.7. The summed E-state index contributed by atoms with van der Waals surface area (Å²) in [6.07, 6.45) is 0.00302. The highest BCUT2D eigenvalue weighted by atomic mass is 16.6. The third kappa shape index (κ3) is 4.19. The Morgan fingerprint density at radius 3 is 2.48 bits per heavy atom. The molecule has 7 heteroatoms. The minimum absolute atomic E-state index is 0.00302. The average Bonchev–Trinajstić information content (AvgIpc) is 2.54. The minimum atomic E-state index is -0.550. The fourth-order valence-corrected chi connectivity index (χ4v) is 1.99.